The van der Waals surface area contributed by atoms with Crippen molar-refractivity contribution >= 4 is 9.24 Å². The molecule has 1 heteroatoms. The van der Waals surface area contributed by atoms with Crippen LogP contribution < -0.4 is 0 Å². The Balaban J connectivity index is -0.0000000801. The van der Waals surface area contributed by atoms with Crippen LogP contribution in [0.5, 0.6) is 0 Å². The molecule has 0 radical (unpaired) electrons. The van der Waals surface area contributed by atoms with E-state index in [4.69, 9.17) is 0 Å². The summed E-state index contributed by atoms with van der Waals surface area (Å²) in [5.74, 6) is 1.05. The Labute approximate surface area is 116 Å². The van der Waals surface area contributed by atoms with Crippen LogP contribution in [0.4, 0.5) is 0 Å². The van der Waals surface area contributed by atoms with Crippen molar-refractivity contribution in [3.05, 3.63) is 0 Å². The molecule has 0 aliphatic heterocycles. The van der Waals surface area contributed by atoms with Crippen LogP contribution in [-0.2, 0) is 0 Å². The molecule has 0 nitrogen and oxygen atoms in total. The molecule has 0 saturated heterocycles. The van der Waals surface area contributed by atoms with E-state index in [1.54, 1.807) is 0 Å². The summed E-state index contributed by atoms with van der Waals surface area (Å²) in [6.45, 7) is 18.5. The normalized spacial score (nSPS) is 20.1. The molecule has 0 bridgehead atoms. The third kappa shape index (κ3) is 26.2. The largest absolute Gasteiger partial charge is 0.134 e. The minimum absolute atomic E-state index is 0.944. The van der Waals surface area contributed by atoms with Crippen LogP contribution >= 0.6 is 9.24 Å². The first-order valence-electron chi connectivity index (χ1n) is 8.00. The molecular formula is C16H41P. The molecule has 0 heterocycles. The van der Waals surface area contributed by atoms with Gasteiger partial charge in [0.15, 0.2) is 0 Å². The Hall–Kier alpha value is 0.430. The van der Waals surface area contributed by atoms with Gasteiger partial charge in [-0.05, 0) is 30.8 Å². The van der Waals surface area contributed by atoms with E-state index < -0.39 is 0 Å². The van der Waals surface area contributed by atoms with Gasteiger partial charge in [0.1, 0.15) is 0 Å². The maximum atomic E-state index is 2.93. The van der Waals surface area contributed by atoms with Gasteiger partial charge in [-0.3, -0.25) is 0 Å². The predicted molar refractivity (Wildman–Crippen MR) is 91.1 cm³/mol. The van der Waals surface area contributed by atoms with Gasteiger partial charge in [0.25, 0.3) is 0 Å². The average molecular weight is 264 g/mol. The SMILES string of the molecule is CC.CC.CC.CCC.CCC1CCC(P)C1. The van der Waals surface area contributed by atoms with Gasteiger partial charge in [-0.1, -0.05) is 75.2 Å². The van der Waals surface area contributed by atoms with E-state index in [0.717, 1.165) is 11.6 Å². The van der Waals surface area contributed by atoms with Crippen LogP contribution in [0.3, 0.4) is 0 Å². The van der Waals surface area contributed by atoms with Gasteiger partial charge in [-0.25, -0.2) is 0 Å². The summed E-state index contributed by atoms with van der Waals surface area (Å²) in [7, 11) is 2.93. The zero-order chi connectivity index (χ0) is 14.7. The molecule has 0 aromatic heterocycles. The number of hydrogen-bond donors (Lipinski definition) is 0. The summed E-state index contributed by atoms with van der Waals surface area (Å²) >= 11 is 0. The van der Waals surface area contributed by atoms with Crippen LogP contribution in [0.1, 0.15) is 94.4 Å². The van der Waals surface area contributed by atoms with Gasteiger partial charge in [0.2, 0.25) is 0 Å². The monoisotopic (exact) mass is 264 g/mol. The highest BCUT2D eigenvalue weighted by Gasteiger charge is 2.18. The van der Waals surface area contributed by atoms with E-state index in [-0.39, 0.29) is 0 Å². The van der Waals surface area contributed by atoms with E-state index in [1.807, 2.05) is 41.5 Å². The molecule has 110 valence electrons. The quantitative estimate of drug-likeness (QED) is 0.450. The molecule has 3 unspecified atom stereocenters. The maximum Gasteiger partial charge on any atom is -0.0261 e. The van der Waals surface area contributed by atoms with Crippen LogP contribution in [0, 0.1) is 5.92 Å². The molecule has 0 aromatic rings. The zero-order valence-electron chi connectivity index (χ0n) is 14.3. The fourth-order valence-corrected chi connectivity index (χ4v) is 2.06. The lowest BCUT2D eigenvalue weighted by Crippen LogP contribution is -1.91. The van der Waals surface area contributed by atoms with Gasteiger partial charge in [-0.15, -0.1) is 9.24 Å². The summed E-state index contributed by atoms with van der Waals surface area (Å²) in [5.41, 5.74) is 0.944. The molecule has 1 rings (SSSR count). The smallest absolute Gasteiger partial charge is 0.0261 e. The Morgan fingerprint density at radius 1 is 0.824 bits per heavy atom. The molecule has 1 aliphatic carbocycles. The van der Waals surface area contributed by atoms with E-state index in [1.165, 1.54) is 32.1 Å². The van der Waals surface area contributed by atoms with E-state index in [0.29, 0.717) is 0 Å². The molecule has 17 heavy (non-hydrogen) atoms. The molecule has 1 fully saturated rings. The first kappa shape index (κ1) is 26.1. The van der Waals surface area contributed by atoms with Crippen LogP contribution in [0.25, 0.3) is 0 Å². The summed E-state index contributed by atoms with van der Waals surface area (Å²) in [4.78, 5) is 0. The van der Waals surface area contributed by atoms with Gasteiger partial charge in [-0.2, -0.15) is 0 Å². The summed E-state index contributed by atoms with van der Waals surface area (Å²) in [6.07, 6.45) is 7.03. The van der Waals surface area contributed by atoms with E-state index >= 15 is 0 Å². The Morgan fingerprint density at radius 3 is 1.29 bits per heavy atom. The van der Waals surface area contributed by atoms with E-state index in [2.05, 4.69) is 30.0 Å². The fourth-order valence-electron chi connectivity index (χ4n) is 1.48. The van der Waals surface area contributed by atoms with Crippen molar-refractivity contribution < 1.29 is 0 Å². The lowest BCUT2D eigenvalue weighted by molar-refractivity contribution is 0.532. The number of rotatable bonds is 1. The van der Waals surface area contributed by atoms with Crippen LogP contribution in [0.2, 0.25) is 0 Å². The molecule has 0 N–H and O–H groups in total. The van der Waals surface area contributed by atoms with Crippen molar-refractivity contribution in [3.8, 4) is 0 Å². The lowest BCUT2D eigenvalue weighted by Gasteiger charge is -2.02. The Bertz CT molecular complexity index is 81.6. The van der Waals surface area contributed by atoms with Gasteiger partial charge in [0.05, 0.1) is 0 Å². The predicted octanol–water partition coefficient (Wildman–Crippen LogP) is 6.94. The van der Waals surface area contributed by atoms with Gasteiger partial charge >= 0.3 is 0 Å². The topological polar surface area (TPSA) is 0 Å². The molecule has 3 atom stereocenters. The van der Waals surface area contributed by atoms with E-state index in [9.17, 15) is 0 Å². The third-order valence-electron chi connectivity index (χ3n) is 2.16. The highest BCUT2D eigenvalue weighted by atomic mass is 31.0. The first-order chi connectivity index (χ1) is 8.24. The van der Waals surface area contributed by atoms with Crippen molar-refractivity contribution in [1.82, 2.24) is 0 Å². The van der Waals surface area contributed by atoms with Crippen molar-refractivity contribution in [2.24, 2.45) is 5.92 Å². The standard InChI is InChI=1S/C7H15P.C3H8.3C2H6/c1-2-6-3-4-7(8)5-6;1-3-2;3*1-2/h6-7H,2-5,8H2,1H3;3H2,1-2H3;3*1-2H3. The van der Waals surface area contributed by atoms with Crippen LogP contribution in [-0.4, -0.2) is 5.66 Å². The second kappa shape index (κ2) is 29.9. The minimum Gasteiger partial charge on any atom is -0.134 e. The minimum atomic E-state index is 0.944. The molecule has 1 aliphatic rings. The number of hydrogen-bond acceptors (Lipinski definition) is 0. The van der Waals surface area contributed by atoms with Gasteiger partial charge in [0, 0.05) is 0 Å². The zero-order valence-corrected chi connectivity index (χ0v) is 15.4. The molecule has 0 spiro atoms. The lowest BCUT2D eigenvalue weighted by atomic mass is 10.1. The second-order valence-corrected chi connectivity index (χ2v) is 4.50. The third-order valence-corrected chi connectivity index (χ3v) is 2.76. The van der Waals surface area contributed by atoms with Crippen molar-refractivity contribution in [2.75, 3.05) is 0 Å². The molecule has 0 aromatic carbocycles. The molecular weight excluding hydrogens is 223 g/mol. The summed E-state index contributed by atoms with van der Waals surface area (Å²) in [6, 6.07) is 0. The Morgan fingerprint density at radius 2 is 1.18 bits per heavy atom. The summed E-state index contributed by atoms with van der Waals surface area (Å²) < 4.78 is 0. The maximum absolute atomic E-state index is 2.93. The van der Waals surface area contributed by atoms with Gasteiger partial charge < -0.3 is 0 Å². The highest BCUT2D eigenvalue weighted by Crippen LogP contribution is 2.32. The highest BCUT2D eigenvalue weighted by molar-refractivity contribution is 7.17. The second-order valence-electron chi connectivity index (χ2n) is 3.55. The Kier molecular flexibility index (Phi) is 45.9. The van der Waals surface area contributed by atoms with Crippen molar-refractivity contribution in [3.63, 3.8) is 0 Å². The average Bonchev–Trinajstić information content (AvgIpc) is 2.83. The molecule has 1 saturated carbocycles. The fraction of sp³-hybridized carbons (Fsp3) is 1.00. The van der Waals surface area contributed by atoms with Crippen LogP contribution in [0.15, 0.2) is 0 Å². The van der Waals surface area contributed by atoms with Crippen molar-refractivity contribution in [1.29, 1.82) is 0 Å². The van der Waals surface area contributed by atoms with Crippen molar-refractivity contribution in [2.45, 2.75) is 100 Å². The summed E-state index contributed by atoms with van der Waals surface area (Å²) in [5, 5.41) is 0. The molecule has 0 amide bonds. The first-order valence-corrected chi connectivity index (χ1v) is 8.66.